The molecule has 0 saturated carbocycles. The minimum atomic E-state index is -0.801. The number of phenolic OH excluding ortho intramolecular Hbond substituents is 1. The number of ether oxygens (including phenoxy) is 3. The molecular weight excluding hydrogens is 416 g/mol. The second-order valence-electron chi connectivity index (χ2n) is 6.71. The van der Waals surface area contributed by atoms with Gasteiger partial charge in [0.1, 0.15) is 42.6 Å². The van der Waals surface area contributed by atoms with Crippen molar-refractivity contribution >= 4 is 11.7 Å². The highest BCUT2D eigenvalue weighted by atomic mass is 16.5. The molecule has 0 fully saturated rings. The van der Waals surface area contributed by atoms with Crippen LogP contribution in [0.5, 0.6) is 17.2 Å². The number of phenols is 1. The Morgan fingerprint density at radius 3 is 2.62 bits per heavy atom. The Balaban J connectivity index is 1.62. The number of benzene rings is 2. The van der Waals surface area contributed by atoms with Gasteiger partial charge in [-0.1, -0.05) is 0 Å². The number of methoxy groups -OCH3 is 1. The van der Waals surface area contributed by atoms with Crippen molar-refractivity contribution in [3.63, 3.8) is 0 Å². The summed E-state index contributed by atoms with van der Waals surface area (Å²) in [6.07, 6.45) is -0.801. The van der Waals surface area contributed by atoms with E-state index in [1.807, 2.05) is 6.07 Å². The van der Waals surface area contributed by atoms with Gasteiger partial charge in [-0.25, -0.2) is 4.79 Å². The molecule has 0 spiro atoms. The number of hydrogen-bond donors (Lipinski definition) is 5. The molecule has 2 aromatic rings. The molecule has 10 heteroatoms. The number of aromatic hydroxyl groups is 1. The quantitative estimate of drug-likeness (QED) is 0.231. The summed E-state index contributed by atoms with van der Waals surface area (Å²) in [7, 11) is 1.58. The first kappa shape index (κ1) is 24.7. The van der Waals surface area contributed by atoms with E-state index >= 15 is 0 Å². The Morgan fingerprint density at radius 1 is 1.12 bits per heavy atom. The summed E-state index contributed by atoms with van der Waals surface area (Å²) in [5, 5.41) is 36.9. The normalized spacial score (nSPS) is 11.3. The SMILES string of the molecule is COCCOc1ccc(OCC(O)CNCCNC(=O)Nc2ccc(O)cc2)c(C#N)c1. The van der Waals surface area contributed by atoms with Gasteiger partial charge in [-0.2, -0.15) is 5.26 Å². The number of nitrogens with one attached hydrogen (secondary N) is 3. The predicted octanol–water partition coefficient (Wildman–Crippen LogP) is 1.44. The van der Waals surface area contributed by atoms with E-state index in [-0.39, 0.29) is 24.9 Å². The molecular formula is C22H28N4O6. The van der Waals surface area contributed by atoms with Gasteiger partial charge in [-0.05, 0) is 36.4 Å². The standard InChI is InChI=1S/C22H28N4O6/c1-30-10-11-31-20-6-7-21(16(12-20)13-23)32-15-19(28)14-24-8-9-25-22(29)26-17-2-4-18(27)5-3-17/h2-7,12,19,24,27-28H,8-11,14-15H2,1H3,(H2,25,26,29). The molecule has 0 aliphatic heterocycles. The number of amides is 2. The number of carbonyl (C=O) groups is 1. The minimum Gasteiger partial charge on any atom is -0.508 e. The van der Waals surface area contributed by atoms with Crippen LogP contribution in [0.25, 0.3) is 0 Å². The molecule has 10 nitrogen and oxygen atoms in total. The fourth-order valence-corrected chi connectivity index (χ4v) is 2.55. The number of nitriles is 1. The van der Waals surface area contributed by atoms with Crippen molar-refractivity contribution in [2.75, 3.05) is 51.9 Å². The Morgan fingerprint density at radius 2 is 1.91 bits per heavy atom. The van der Waals surface area contributed by atoms with Gasteiger partial charge in [0.2, 0.25) is 0 Å². The lowest BCUT2D eigenvalue weighted by Gasteiger charge is -2.15. The van der Waals surface area contributed by atoms with Gasteiger partial charge in [0.05, 0.1) is 12.2 Å². The molecule has 2 amide bonds. The summed E-state index contributed by atoms with van der Waals surface area (Å²) in [6.45, 7) is 1.86. The molecule has 1 unspecified atom stereocenters. The number of urea groups is 1. The van der Waals surface area contributed by atoms with E-state index in [9.17, 15) is 20.3 Å². The van der Waals surface area contributed by atoms with E-state index in [4.69, 9.17) is 14.2 Å². The second-order valence-corrected chi connectivity index (χ2v) is 6.71. The summed E-state index contributed by atoms with van der Waals surface area (Å²) >= 11 is 0. The summed E-state index contributed by atoms with van der Waals surface area (Å²) < 4.78 is 15.9. The Hall–Kier alpha value is -3.52. The third kappa shape index (κ3) is 9.09. The fourth-order valence-electron chi connectivity index (χ4n) is 2.55. The van der Waals surface area contributed by atoms with E-state index in [0.29, 0.717) is 49.1 Å². The van der Waals surface area contributed by atoms with Gasteiger partial charge in [0.25, 0.3) is 0 Å². The van der Waals surface area contributed by atoms with E-state index in [1.165, 1.54) is 12.1 Å². The lowest BCUT2D eigenvalue weighted by Crippen LogP contribution is -2.38. The van der Waals surface area contributed by atoms with Crippen molar-refractivity contribution in [3.05, 3.63) is 48.0 Å². The molecule has 0 saturated heterocycles. The molecule has 0 aliphatic carbocycles. The van der Waals surface area contributed by atoms with Crippen LogP contribution >= 0.6 is 0 Å². The van der Waals surface area contributed by atoms with Gasteiger partial charge < -0.3 is 40.4 Å². The third-order valence-electron chi connectivity index (χ3n) is 4.15. The number of nitrogens with zero attached hydrogens (tertiary/aromatic N) is 1. The molecule has 5 N–H and O–H groups in total. The summed E-state index contributed by atoms with van der Waals surface area (Å²) in [6, 6.07) is 12.7. The zero-order valence-corrected chi connectivity index (χ0v) is 17.8. The maximum atomic E-state index is 11.8. The first-order valence-electron chi connectivity index (χ1n) is 10.0. The summed E-state index contributed by atoms with van der Waals surface area (Å²) in [5.41, 5.74) is 0.871. The first-order chi connectivity index (χ1) is 15.5. The number of anilines is 1. The van der Waals surface area contributed by atoms with Gasteiger partial charge >= 0.3 is 6.03 Å². The lowest BCUT2D eigenvalue weighted by molar-refractivity contribution is 0.106. The summed E-state index contributed by atoms with van der Waals surface area (Å²) in [4.78, 5) is 11.8. The van der Waals surface area contributed by atoms with Crippen molar-refractivity contribution in [1.29, 1.82) is 5.26 Å². The highest BCUT2D eigenvalue weighted by molar-refractivity contribution is 5.89. The molecule has 32 heavy (non-hydrogen) atoms. The molecule has 0 radical (unpaired) electrons. The Bertz CT molecular complexity index is 885. The molecule has 172 valence electrons. The second kappa shape index (κ2) is 13.7. The molecule has 2 rings (SSSR count). The van der Waals surface area contributed by atoms with Crippen LogP contribution in [-0.2, 0) is 4.74 Å². The van der Waals surface area contributed by atoms with E-state index in [1.54, 1.807) is 37.4 Å². The zero-order chi connectivity index (χ0) is 23.2. The van der Waals surface area contributed by atoms with Crippen molar-refractivity contribution in [2.45, 2.75) is 6.10 Å². The van der Waals surface area contributed by atoms with Gasteiger partial charge in [0, 0.05) is 38.5 Å². The number of aliphatic hydroxyl groups excluding tert-OH is 1. The third-order valence-corrected chi connectivity index (χ3v) is 4.15. The summed E-state index contributed by atoms with van der Waals surface area (Å²) in [5.74, 6) is 1.02. The van der Waals surface area contributed by atoms with Crippen LogP contribution in [0.2, 0.25) is 0 Å². The van der Waals surface area contributed by atoms with Gasteiger partial charge in [-0.3, -0.25) is 0 Å². The van der Waals surface area contributed by atoms with Crippen molar-refractivity contribution in [2.24, 2.45) is 0 Å². The van der Waals surface area contributed by atoms with E-state index in [2.05, 4.69) is 16.0 Å². The van der Waals surface area contributed by atoms with Crippen LogP contribution in [0.1, 0.15) is 5.56 Å². The highest BCUT2D eigenvalue weighted by Crippen LogP contribution is 2.23. The minimum absolute atomic E-state index is 0.000323. The molecule has 0 aromatic heterocycles. The first-order valence-corrected chi connectivity index (χ1v) is 10.0. The van der Waals surface area contributed by atoms with Crippen molar-refractivity contribution in [1.82, 2.24) is 10.6 Å². The molecule has 0 aliphatic rings. The monoisotopic (exact) mass is 444 g/mol. The topological polar surface area (TPSA) is 145 Å². The zero-order valence-electron chi connectivity index (χ0n) is 17.8. The van der Waals surface area contributed by atoms with Crippen LogP contribution in [-0.4, -0.2) is 68.9 Å². The average Bonchev–Trinajstić information content (AvgIpc) is 2.79. The van der Waals surface area contributed by atoms with Crippen molar-refractivity contribution in [3.8, 4) is 23.3 Å². The number of carbonyl (C=O) groups excluding carboxylic acids is 1. The number of aliphatic hydroxyl groups is 1. The van der Waals surface area contributed by atoms with Crippen LogP contribution in [0.15, 0.2) is 42.5 Å². The highest BCUT2D eigenvalue weighted by Gasteiger charge is 2.10. The van der Waals surface area contributed by atoms with Crippen molar-refractivity contribution < 1.29 is 29.2 Å². The average molecular weight is 444 g/mol. The van der Waals surface area contributed by atoms with Crippen LogP contribution in [0.4, 0.5) is 10.5 Å². The predicted molar refractivity (Wildman–Crippen MR) is 118 cm³/mol. The van der Waals surface area contributed by atoms with Crippen LogP contribution in [0, 0.1) is 11.3 Å². The van der Waals surface area contributed by atoms with E-state index < -0.39 is 6.10 Å². The molecule has 0 bridgehead atoms. The fraction of sp³-hybridized carbons (Fsp3) is 0.364. The molecule has 0 heterocycles. The lowest BCUT2D eigenvalue weighted by atomic mass is 10.2. The number of hydrogen-bond acceptors (Lipinski definition) is 8. The number of rotatable bonds is 13. The maximum absolute atomic E-state index is 11.8. The van der Waals surface area contributed by atoms with E-state index in [0.717, 1.165) is 0 Å². The molecule has 1 atom stereocenters. The molecule has 2 aromatic carbocycles. The van der Waals surface area contributed by atoms with Crippen LogP contribution in [0.3, 0.4) is 0 Å². The van der Waals surface area contributed by atoms with Gasteiger partial charge in [-0.15, -0.1) is 0 Å². The largest absolute Gasteiger partial charge is 0.508 e. The van der Waals surface area contributed by atoms with Crippen LogP contribution < -0.4 is 25.4 Å². The Kier molecular flexibility index (Phi) is 10.6. The van der Waals surface area contributed by atoms with Gasteiger partial charge in [0.15, 0.2) is 0 Å². The smallest absolute Gasteiger partial charge is 0.319 e. The Labute approximate surface area is 186 Å². The maximum Gasteiger partial charge on any atom is 0.319 e.